The van der Waals surface area contributed by atoms with Gasteiger partial charge in [-0.25, -0.2) is 4.79 Å². The average molecular weight is 414 g/mol. The number of hydrogen-bond donors (Lipinski definition) is 1. The van der Waals surface area contributed by atoms with Gasteiger partial charge < -0.3 is 15.0 Å². The Bertz CT molecular complexity index is 574. The lowest BCUT2D eigenvalue weighted by molar-refractivity contribution is -0.132. The third-order valence-electron chi connectivity index (χ3n) is 3.46. The second kappa shape index (κ2) is 7.62. The van der Waals surface area contributed by atoms with E-state index in [-0.39, 0.29) is 10.0 Å². The van der Waals surface area contributed by atoms with Crippen molar-refractivity contribution >= 4 is 34.6 Å². The van der Waals surface area contributed by atoms with Crippen LogP contribution in [0.1, 0.15) is 24.1 Å². The van der Waals surface area contributed by atoms with E-state index in [1.807, 2.05) is 46.9 Å². The van der Waals surface area contributed by atoms with Gasteiger partial charge in [-0.1, -0.05) is 30.3 Å². The molecule has 5 nitrogen and oxygen atoms in total. The third-order valence-corrected chi connectivity index (χ3v) is 3.71. The molecule has 1 heterocycles. The fourth-order valence-electron chi connectivity index (χ4n) is 2.50. The summed E-state index contributed by atoms with van der Waals surface area (Å²) in [6, 6.07) is 6.95. The number of carbonyl (C=O) groups is 2. The summed E-state index contributed by atoms with van der Waals surface area (Å²) in [5.41, 5.74) is 1.90. The van der Waals surface area contributed by atoms with Gasteiger partial charge in [0.2, 0.25) is 5.91 Å². The molecule has 118 valence electrons. The molecule has 0 aliphatic carbocycles. The number of carbonyl (C=O) groups excluding carboxylic acids is 2. The van der Waals surface area contributed by atoms with Gasteiger partial charge in [-0.2, -0.15) is 0 Å². The number of nitrogens with zero attached hydrogens (tertiary/aromatic N) is 1. The maximum Gasteiger partial charge on any atom is 0.409 e. The van der Waals surface area contributed by atoms with Crippen molar-refractivity contribution in [1.29, 1.82) is 0 Å². The van der Waals surface area contributed by atoms with Crippen molar-refractivity contribution in [2.24, 2.45) is 0 Å². The highest BCUT2D eigenvalue weighted by molar-refractivity contribution is 14.1. The first-order valence-corrected chi connectivity index (χ1v) is 8.36. The predicted molar refractivity (Wildman–Crippen MR) is 92.8 cm³/mol. The lowest BCUT2D eigenvalue weighted by atomic mass is 9.99. The first kappa shape index (κ1) is 16.8. The molecule has 0 saturated heterocycles. The smallest absolute Gasteiger partial charge is 0.409 e. The Morgan fingerprint density at radius 3 is 3.00 bits per heavy atom. The molecule has 2 amide bonds. The van der Waals surface area contributed by atoms with E-state index in [9.17, 15) is 9.59 Å². The molecule has 0 spiro atoms. The Balaban J connectivity index is 2.29. The van der Waals surface area contributed by atoms with E-state index in [0.717, 1.165) is 17.5 Å². The normalized spacial score (nSPS) is 18.9. The van der Waals surface area contributed by atoms with Crippen molar-refractivity contribution in [2.45, 2.75) is 23.5 Å². The number of fused-ring (bicyclic) bond motifs is 1. The SMILES string of the molecule is C=CCN1CCc2ccccc2C(NC(=O)OC(C)I)C1=O. The molecule has 22 heavy (non-hydrogen) atoms. The second-order valence-electron chi connectivity index (χ2n) is 5.05. The molecule has 0 fully saturated rings. The summed E-state index contributed by atoms with van der Waals surface area (Å²) in [5.74, 6) is -0.136. The second-order valence-corrected chi connectivity index (χ2v) is 6.80. The molecule has 0 radical (unpaired) electrons. The first-order valence-electron chi connectivity index (χ1n) is 7.11. The van der Waals surface area contributed by atoms with Crippen LogP contribution in [0.2, 0.25) is 0 Å². The molecular weight excluding hydrogens is 395 g/mol. The molecule has 2 atom stereocenters. The van der Waals surface area contributed by atoms with Crippen molar-refractivity contribution in [3.63, 3.8) is 0 Å². The van der Waals surface area contributed by atoms with Crippen LogP contribution in [-0.2, 0) is 16.0 Å². The molecule has 6 heteroatoms. The van der Waals surface area contributed by atoms with Crippen LogP contribution >= 0.6 is 22.6 Å². The summed E-state index contributed by atoms with van der Waals surface area (Å²) in [7, 11) is 0. The van der Waals surface area contributed by atoms with Crippen LogP contribution in [0.3, 0.4) is 0 Å². The summed E-state index contributed by atoms with van der Waals surface area (Å²) < 4.78 is 4.83. The van der Waals surface area contributed by atoms with E-state index in [0.29, 0.717) is 13.1 Å². The van der Waals surface area contributed by atoms with Crippen LogP contribution < -0.4 is 5.32 Å². The summed E-state index contributed by atoms with van der Waals surface area (Å²) in [6.45, 7) is 6.51. The maximum absolute atomic E-state index is 12.7. The molecule has 1 aromatic rings. The summed E-state index contributed by atoms with van der Waals surface area (Å²) in [5, 5.41) is 2.69. The highest BCUT2D eigenvalue weighted by atomic mass is 127. The van der Waals surface area contributed by atoms with Crippen molar-refractivity contribution in [1.82, 2.24) is 10.2 Å². The largest absolute Gasteiger partial charge is 0.436 e. The molecule has 0 aromatic heterocycles. The Hall–Kier alpha value is -1.57. The number of halogens is 1. The molecule has 1 aliphatic heterocycles. The van der Waals surface area contributed by atoms with Gasteiger partial charge in [0.25, 0.3) is 0 Å². The van der Waals surface area contributed by atoms with Gasteiger partial charge in [0, 0.05) is 13.1 Å². The van der Waals surface area contributed by atoms with E-state index in [2.05, 4.69) is 11.9 Å². The molecule has 1 aliphatic rings. The van der Waals surface area contributed by atoms with Gasteiger partial charge in [0.1, 0.15) is 6.04 Å². The zero-order valence-electron chi connectivity index (χ0n) is 12.4. The standard InChI is InChI=1S/C16H19IN2O3/c1-3-9-19-10-8-12-6-4-5-7-13(12)14(15(19)20)18-16(21)22-11(2)17/h3-7,11,14H,1,8-10H2,2H3,(H,18,21). The number of alkyl carbamates (subject to hydrolysis) is 1. The van der Waals surface area contributed by atoms with Gasteiger partial charge in [0.05, 0.1) is 0 Å². The molecule has 1 N–H and O–H groups in total. The summed E-state index contributed by atoms with van der Waals surface area (Å²) in [6.07, 6.45) is 1.86. The first-order chi connectivity index (χ1) is 10.5. The van der Waals surface area contributed by atoms with E-state index in [1.165, 1.54) is 0 Å². The molecule has 0 bridgehead atoms. The van der Waals surface area contributed by atoms with E-state index in [4.69, 9.17) is 4.74 Å². The fraction of sp³-hybridized carbons (Fsp3) is 0.375. The maximum atomic E-state index is 12.7. The van der Waals surface area contributed by atoms with Gasteiger partial charge in [-0.3, -0.25) is 4.79 Å². The van der Waals surface area contributed by atoms with Gasteiger partial charge >= 0.3 is 6.09 Å². The van der Waals surface area contributed by atoms with Crippen LogP contribution in [0.15, 0.2) is 36.9 Å². The van der Waals surface area contributed by atoms with E-state index in [1.54, 1.807) is 17.9 Å². The molecule has 1 aromatic carbocycles. The van der Waals surface area contributed by atoms with Crippen LogP contribution in [0.5, 0.6) is 0 Å². The van der Waals surface area contributed by atoms with Crippen LogP contribution in [-0.4, -0.2) is 34.1 Å². The lowest BCUT2D eigenvalue weighted by Gasteiger charge is -2.24. The number of nitrogens with one attached hydrogen (secondary N) is 1. The Kier molecular flexibility index (Phi) is 5.82. The van der Waals surface area contributed by atoms with Gasteiger partial charge in [0.15, 0.2) is 4.11 Å². The number of alkyl halides is 1. The third kappa shape index (κ3) is 4.00. The summed E-state index contributed by atoms with van der Waals surface area (Å²) >= 11 is 1.99. The molecular formula is C16H19IN2O3. The number of benzene rings is 1. The van der Waals surface area contributed by atoms with Crippen molar-refractivity contribution in [2.75, 3.05) is 13.1 Å². The molecule has 2 unspecified atom stereocenters. The Morgan fingerprint density at radius 1 is 1.59 bits per heavy atom. The van der Waals surface area contributed by atoms with Crippen molar-refractivity contribution in [3.8, 4) is 0 Å². The quantitative estimate of drug-likeness (QED) is 0.469. The number of ether oxygens (including phenoxy) is 1. The monoisotopic (exact) mass is 414 g/mol. The zero-order valence-corrected chi connectivity index (χ0v) is 14.6. The van der Waals surface area contributed by atoms with Crippen LogP contribution in [0.25, 0.3) is 0 Å². The highest BCUT2D eigenvalue weighted by Crippen LogP contribution is 2.25. The number of amides is 2. The van der Waals surface area contributed by atoms with Gasteiger partial charge in [-0.05, 0) is 47.1 Å². The van der Waals surface area contributed by atoms with E-state index < -0.39 is 12.1 Å². The lowest BCUT2D eigenvalue weighted by Crippen LogP contribution is -2.42. The van der Waals surface area contributed by atoms with Crippen molar-refractivity contribution < 1.29 is 14.3 Å². The topological polar surface area (TPSA) is 58.6 Å². The molecule has 0 saturated carbocycles. The fourth-order valence-corrected chi connectivity index (χ4v) is 2.73. The summed E-state index contributed by atoms with van der Waals surface area (Å²) in [4.78, 5) is 26.4. The van der Waals surface area contributed by atoms with Crippen LogP contribution in [0, 0.1) is 0 Å². The highest BCUT2D eigenvalue weighted by Gasteiger charge is 2.32. The number of hydrogen-bond acceptors (Lipinski definition) is 3. The molecule has 2 rings (SSSR count). The predicted octanol–water partition coefficient (Wildman–Crippen LogP) is 2.81. The zero-order chi connectivity index (χ0) is 16.1. The van der Waals surface area contributed by atoms with Crippen LogP contribution in [0.4, 0.5) is 4.79 Å². The van der Waals surface area contributed by atoms with Gasteiger partial charge in [-0.15, -0.1) is 6.58 Å². The number of rotatable bonds is 4. The van der Waals surface area contributed by atoms with E-state index >= 15 is 0 Å². The Morgan fingerprint density at radius 2 is 2.32 bits per heavy atom. The minimum Gasteiger partial charge on any atom is -0.436 e. The minimum absolute atomic E-state index is 0.136. The minimum atomic E-state index is -0.721. The Labute approximate surface area is 143 Å². The van der Waals surface area contributed by atoms with Crippen molar-refractivity contribution in [3.05, 3.63) is 48.0 Å². The average Bonchev–Trinajstić information content (AvgIpc) is 2.59.